The second-order valence-electron chi connectivity index (χ2n) is 3.37. The quantitative estimate of drug-likeness (QED) is 0.799. The molecule has 17 heavy (non-hydrogen) atoms. The van der Waals surface area contributed by atoms with E-state index in [9.17, 15) is 8.96 Å². The van der Waals surface area contributed by atoms with Gasteiger partial charge in [-0.15, -0.1) is 0 Å². The minimum atomic E-state index is -3.39. The van der Waals surface area contributed by atoms with E-state index in [2.05, 4.69) is 0 Å². The molecule has 0 aromatic heterocycles. The fourth-order valence-corrected chi connectivity index (χ4v) is 3.05. The maximum atomic E-state index is 12.8. The molecule has 0 bridgehead atoms. The van der Waals surface area contributed by atoms with Gasteiger partial charge in [0, 0.05) is 0 Å². The topological polar surface area (TPSA) is 61.5 Å². The van der Waals surface area contributed by atoms with Crippen molar-refractivity contribution in [3.63, 3.8) is 0 Å². The molecule has 1 aromatic carbocycles. The van der Waals surface area contributed by atoms with E-state index in [1.807, 2.05) is 0 Å². The highest BCUT2D eigenvalue weighted by atomic mass is 31.2. The zero-order valence-electron chi connectivity index (χ0n) is 9.93. The molecular weight excluding hydrogens is 244 g/mol. The van der Waals surface area contributed by atoms with E-state index in [0.29, 0.717) is 5.56 Å². The molecule has 6 heteroatoms. The molecule has 0 heterocycles. The fourth-order valence-electron chi connectivity index (χ4n) is 1.40. The molecular formula is C11H17FNO3P. The maximum absolute atomic E-state index is 12.8. The highest BCUT2D eigenvalue weighted by molar-refractivity contribution is 7.54. The number of benzene rings is 1. The summed E-state index contributed by atoms with van der Waals surface area (Å²) in [5.41, 5.74) is 6.38. The molecule has 0 aliphatic heterocycles. The second-order valence-corrected chi connectivity index (χ2v) is 5.52. The third kappa shape index (κ3) is 3.61. The lowest BCUT2D eigenvalue weighted by Crippen LogP contribution is -2.15. The van der Waals surface area contributed by atoms with Crippen molar-refractivity contribution in [2.45, 2.75) is 19.6 Å². The first kappa shape index (κ1) is 14.3. The summed E-state index contributed by atoms with van der Waals surface area (Å²) in [5, 5.41) is 0. The van der Waals surface area contributed by atoms with Crippen molar-refractivity contribution in [2.24, 2.45) is 5.73 Å². The Morgan fingerprint density at radius 1 is 1.24 bits per heavy atom. The molecule has 0 unspecified atom stereocenters. The van der Waals surface area contributed by atoms with Gasteiger partial charge in [-0.2, -0.15) is 0 Å². The smallest absolute Gasteiger partial charge is 0.314 e. The molecule has 0 saturated carbocycles. The lowest BCUT2D eigenvalue weighted by Gasteiger charge is -2.23. The van der Waals surface area contributed by atoms with Gasteiger partial charge in [0.15, 0.2) is 0 Å². The number of halogens is 1. The third-order valence-corrected chi connectivity index (χ3v) is 4.39. The van der Waals surface area contributed by atoms with Crippen LogP contribution in [0.4, 0.5) is 4.39 Å². The van der Waals surface area contributed by atoms with E-state index in [1.165, 1.54) is 24.3 Å². The van der Waals surface area contributed by atoms with Gasteiger partial charge >= 0.3 is 7.60 Å². The Hall–Kier alpha value is -0.740. The average molecular weight is 261 g/mol. The van der Waals surface area contributed by atoms with E-state index in [0.717, 1.165) is 0 Å². The molecule has 0 radical (unpaired) electrons. The van der Waals surface area contributed by atoms with Crippen LogP contribution < -0.4 is 5.73 Å². The molecule has 0 amide bonds. The molecule has 1 aromatic rings. The molecule has 0 saturated heterocycles. The highest BCUT2D eigenvalue weighted by Crippen LogP contribution is 2.58. The van der Waals surface area contributed by atoms with Gasteiger partial charge in [0.2, 0.25) is 0 Å². The average Bonchev–Trinajstić information content (AvgIpc) is 2.30. The Labute approximate surface area is 100 Å². The van der Waals surface area contributed by atoms with E-state index < -0.39 is 13.4 Å². The Kier molecular flexibility index (Phi) is 5.28. The molecule has 0 spiro atoms. The third-order valence-electron chi connectivity index (χ3n) is 2.17. The Bertz CT molecular complexity index is 386. The number of rotatable bonds is 6. The fraction of sp³-hybridized carbons (Fsp3) is 0.455. The predicted octanol–water partition coefficient (Wildman–Crippen LogP) is 3.05. The van der Waals surface area contributed by atoms with Crippen LogP contribution in [-0.2, 0) is 13.6 Å². The number of hydrogen-bond donors (Lipinski definition) is 1. The normalized spacial score (nSPS) is 13.6. The predicted molar refractivity (Wildman–Crippen MR) is 64.2 cm³/mol. The molecule has 0 fully saturated rings. The van der Waals surface area contributed by atoms with Crippen molar-refractivity contribution in [3.8, 4) is 0 Å². The van der Waals surface area contributed by atoms with Crippen molar-refractivity contribution in [2.75, 3.05) is 13.2 Å². The first-order valence-electron chi connectivity index (χ1n) is 5.43. The van der Waals surface area contributed by atoms with Gasteiger partial charge in [0.1, 0.15) is 11.6 Å². The summed E-state index contributed by atoms with van der Waals surface area (Å²) in [7, 11) is -3.39. The zero-order valence-corrected chi connectivity index (χ0v) is 10.8. The minimum Gasteiger partial charge on any atom is -0.314 e. The maximum Gasteiger partial charge on any atom is 0.351 e. The van der Waals surface area contributed by atoms with Crippen molar-refractivity contribution >= 4 is 7.60 Å². The molecule has 1 rings (SSSR count). The van der Waals surface area contributed by atoms with E-state index in [1.54, 1.807) is 13.8 Å². The summed E-state index contributed by atoms with van der Waals surface area (Å²) in [4.78, 5) is 0. The van der Waals surface area contributed by atoms with E-state index >= 15 is 0 Å². The summed E-state index contributed by atoms with van der Waals surface area (Å²) < 4.78 is 35.4. The van der Waals surface area contributed by atoms with Gasteiger partial charge in [0.05, 0.1) is 13.2 Å². The first-order chi connectivity index (χ1) is 8.03. The van der Waals surface area contributed by atoms with Crippen LogP contribution in [0.25, 0.3) is 0 Å². The minimum absolute atomic E-state index is 0.242. The first-order valence-corrected chi connectivity index (χ1v) is 7.04. The van der Waals surface area contributed by atoms with Gasteiger partial charge in [-0.05, 0) is 31.5 Å². The zero-order chi connectivity index (χ0) is 12.9. The Morgan fingerprint density at radius 2 is 1.71 bits per heavy atom. The van der Waals surface area contributed by atoms with Crippen molar-refractivity contribution < 1.29 is 18.0 Å². The molecule has 0 aliphatic carbocycles. The number of nitrogens with two attached hydrogens (primary N) is 1. The Morgan fingerprint density at radius 3 is 2.12 bits per heavy atom. The molecule has 1 atom stereocenters. The van der Waals surface area contributed by atoms with Crippen molar-refractivity contribution in [1.29, 1.82) is 0 Å². The summed E-state index contributed by atoms with van der Waals surface area (Å²) in [6.07, 6.45) is 0. The van der Waals surface area contributed by atoms with E-state index in [4.69, 9.17) is 14.8 Å². The Balaban J connectivity index is 2.95. The van der Waals surface area contributed by atoms with Crippen LogP contribution in [-0.4, -0.2) is 13.2 Å². The lowest BCUT2D eigenvalue weighted by molar-refractivity contribution is 0.212. The van der Waals surface area contributed by atoms with Gasteiger partial charge < -0.3 is 14.8 Å². The van der Waals surface area contributed by atoms with Gasteiger partial charge in [0.25, 0.3) is 0 Å². The standard InChI is InChI=1S/C11H17FNO3P/c1-3-15-17(14,16-4-2)11(13)9-5-7-10(12)8-6-9/h5-8,11H,3-4,13H2,1-2H3/t11-/m1/s1. The summed E-state index contributed by atoms with van der Waals surface area (Å²) >= 11 is 0. The summed E-state index contributed by atoms with van der Waals surface area (Å²) in [6, 6.07) is 5.48. The van der Waals surface area contributed by atoms with Crippen LogP contribution in [0.1, 0.15) is 25.2 Å². The van der Waals surface area contributed by atoms with Crippen LogP contribution in [0.3, 0.4) is 0 Å². The number of hydrogen-bond acceptors (Lipinski definition) is 4. The van der Waals surface area contributed by atoms with Crippen LogP contribution in [0.5, 0.6) is 0 Å². The SMILES string of the molecule is CCOP(=O)(OCC)[C@@H](N)c1ccc(F)cc1. The van der Waals surface area contributed by atoms with Gasteiger partial charge in [-0.25, -0.2) is 4.39 Å². The van der Waals surface area contributed by atoms with E-state index in [-0.39, 0.29) is 19.0 Å². The summed E-state index contributed by atoms with van der Waals surface area (Å²) in [5.74, 6) is -1.27. The summed E-state index contributed by atoms with van der Waals surface area (Å²) in [6.45, 7) is 3.91. The van der Waals surface area contributed by atoms with Crippen LogP contribution >= 0.6 is 7.60 Å². The molecule has 0 aliphatic rings. The van der Waals surface area contributed by atoms with Crippen LogP contribution in [0, 0.1) is 5.82 Å². The van der Waals surface area contributed by atoms with Gasteiger partial charge in [-0.3, -0.25) is 4.57 Å². The van der Waals surface area contributed by atoms with Crippen LogP contribution in [0.15, 0.2) is 24.3 Å². The monoisotopic (exact) mass is 261 g/mol. The highest BCUT2D eigenvalue weighted by Gasteiger charge is 2.33. The van der Waals surface area contributed by atoms with Crippen molar-refractivity contribution in [1.82, 2.24) is 0 Å². The second kappa shape index (κ2) is 6.26. The largest absolute Gasteiger partial charge is 0.351 e. The lowest BCUT2D eigenvalue weighted by atomic mass is 10.2. The van der Waals surface area contributed by atoms with Crippen LogP contribution in [0.2, 0.25) is 0 Å². The van der Waals surface area contributed by atoms with Crippen molar-refractivity contribution in [3.05, 3.63) is 35.6 Å². The molecule has 2 N–H and O–H groups in total. The van der Waals surface area contributed by atoms with Gasteiger partial charge in [-0.1, -0.05) is 12.1 Å². The molecule has 4 nitrogen and oxygen atoms in total. The molecule has 96 valence electrons.